The number of carbonyl (C=O) groups excluding carboxylic acids is 1. The number of para-hydroxylation sites is 1. The minimum atomic E-state index is -0.350. The zero-order valence-electron chi connectivity index (χ0n) is 17.4. The summed E-state index contributed by atoms with van der Waals surface area (Å²) in [5.74, 6) is -0.331. The first-order chi connectivity index (χ1) is 15.5. The number of rotatable bonds is 4. The summed E-state index contributed by atoms with van der Waals surface area (Å²) in [6, 6.07) is 12.7. The summed E-state index contributed by atoms with van der Waals surface area (Å²) in [4.78, 5) is 15.7. The molecule has 2 heterocycles. The number of aromatic nitrogens is 1. The topological polar surface area (TPSA) is 25.2 Å². The second kappa shape index (κ2) is 9.00. The molecule has 3 nitrogen and oxygen atoms in total. The first-order valence-electron chi connectivity index (χ1n) is 10.8. The Balaban J connectivity index is 1.49. The number of hydrogen-bond donors (Lipinski definition) is 0. The molecule has 2 aromatic carbocycles. The second-order valence-electron chi connectivity index (χ2n) is 8.31. The standard InChI is InChI=1S/C25H22ClFN2OS2/c26-21-13-18(27)11-10-16(21)14-28-15-17(20-8-4-5-9-22(20)28)12-23-24(30)29(25(31)32-23)19-6-2-1-3-7-19/h4-5,8-13,15,19H,1-3,6-7,14H2/b23-12+. The van der Waals surface area contributed by atoms with Crippen molar-refractivity contribution < 1.29 is 9.18 Å². The van der Waals surface area contributed by atoms with Crippen LogP contribution in [0.2, 0.25) is 5.02 Å². The highest BCUT2D eigenvalue weighted by atomic mass is 35.5. The van der Waals surface area contributed by atoms with Gasteiger partial charge in [0.05, 0.1) is 4.91 Å². The number of halogens is 2. The lowest BCUT2D eigenvalue weighted by atomic mass is 9.94. The molecule has 5 rings (SSSR count). The van der Waals surface area contributed by atoms with Crippen LogP contribution >= 0.6 is 35.6 Å². The monoisotopic (exact) mass is 484 g/mol. The van der Waals surface area contributed by atoms with Gasteiger partial charge in [0, 0.05) is 40.3 Å². The highest BCUT2D eigenvalue weighted by molar-refractivity contribution is 8.26. The Bertz CT molecular complexity index is 1250. The van der Waals surface area contributed by atoms with Crippen LogP contribution < -0.4 is 0 Å². The highest BCUT2D eigenvalue weighted by Crippen LogP contribution is 2.38. The number of hydrogen-bond acceptors (Lipinski definition) is 3. The van der Waals surface area contributed by atoms with Gasteiger partial charge in [-0.3, -0.25) is 9.69 Å². The summed E-state index contributed by atoms with van der Waals surface area (Å²) < 4.78 is 16.2. The van der Waals surface area contributed by atoms with Gasteiger partial charge in [-0.05, 0) is 42.7 Å². The van der Waals surface area contributed by atoms with Crippen molar-refractivity contribution >= 4 is 62.8 Å². The van der Waals surface area contributed by atoms with Gasteiger partial charge in [-0.25, -0.2) is 4.39 Å². The zero-order valence-corrected chi connectivity index (χ0v) is 19.8. The smallest absolute Gasteiger partial charge is 0.266 e. The van der Waals surface area contributed by atoms with Gasteiger partial charge < -0.3 is 4.57 Å². The molecule has 0 bridgehead atoms. The van der Waals surface area contributed by atoms with Crippen LogP contribution in [-0.2, 0) is 11.3 Å². The molecule has 7 heteroatoms. The van der Waals surface area contributed by atoms with Gasteiger partial charge in [-0.2, -0.15) is 0 Å². The molecule has 2 fully saturated rings. The molecule has 2 aliphatic rings. The van der Waals surface area contributed by atoms with Gasteiger partial charge in [0.15, 0.2) is 0 Å². The minimum Gasteiger partial charge on any atom is -0.342 e. The van der Waals surface area contributed by atoms with E-state index in [0.717, 1.165) is 47.7 Å². The van der Waals surface area contributed by atoms with Crippen LogP contribution in [0.15, 0.2) is 53.6 Å². The highest BCUT2D eigenvalue weighted by Gasteiger charge is 2.37. The number of nitrogens with zero attached hydrogens (tertiary/aromatic N) is 2. The molecule has 1 saturated carbocycles. The maximum atomic E-state index is 13.5. The molecular formula is C25H22ClFN2OS2. The van der Waals surface area contributed by atoms with Crippen molar-refractivity contribution in [2.75, 3.05) is 0 Å². The average molecular weight is 485 g/mol. The van der Waals surface area contributed by atoms with Crippen LogP contribution in [0.1, 0.15) is 43.2 Å². The van der Waals surface area contributed by atoms with E-state index in [2.05, 4.69) is 4.57 Å². The number of benzene rings is 2. The van der Waals surface area contributed by atoms with Gasteiger partial charge in [0.2, 0.25) is 0 Å². The first-order valence-corrected chi connectivity index (χ1v) is 12.4. The Hall–Kier alpha value is -2.15. The Morgan fingerprint density at radius 1 is 1.16 bits per heavy atom. The van der Waals surface area contributed by atoms with Gasteiger partial charge in [-0.15, -0.1) is 0 Å². The molecular weight excluding hydrogens is 463 g/mol. The van der Waals surface area contributed by atoms with Crippen LogP contribution in [0.25, 0.3) is 17.0 Å². The van der Waals surface area contributed by atoms with E-state index in [1.807, 2.05) is 41.4 Å². The van der Waals surface area contributed by atoms with Gasteiger partial charge >= 0.3 is 0 Å². The van der Waals surface area contributed by atoms with E-state index >= 15 is 0 Å². The summed E-state index contributed by atoms with van der Waals surface area (Å²) in [5.41, 5.74) is 2.83. The lowest BCUT2D eigenvalue weighted by Gasteiger charge is -2.29. The van der Waals surface area contributed by atoms with E-state index < -0.39 is 0 Å². The quantitative estimate of drug-likeness (QED) is 0.294. The van der Waals surface area contributed by atoms with Crippen molar-refractivity contribution in [2.45, 2.75) is 44.7 Å². The van der Waals surface area contributed by atoms with Gasteiger partial charge in [-0.1, -0.05) is 79.1 Å². The number of thiocarbonyl (C=S) groups is 1. The van der Waals surface area contributed by atoms with Crippen LogP contribution in [0, 0.1) is 5.82 Å². The van der Waals surface area contributed by atoms with Crippen LogP contribution in [0.5, 0.6) is 0 Å². The van der Waals surface area contributed by atoms with E-state index in [-0.39, 0.29) is 17.8 Å². The van der Waals surface area contributed by atoms with Gasteiger partial charge in [0.25, 0.3) is 5.91 Å². The number of thioether (sulfide) groups is 1. The van der Waals surface area contributed by atoms with Gasteiger partial charge in [0.1, 0.15) is 10.1 Å². The predicted octanol–water partition coefficient (Wildman–Crippen LogP) is 7.02. The van der Waals surface area contributed by atoms with Crippen molar-refractivity contribution in [2.24, 2.45) is 0 Å². The third kappa shape index (κ3) is 4.12. The second-order valence-corrected chi connectivity index (χ2v) is 10.4. The number of carbonyl (C=O) groups is 1. The maximum absolute atomic E-state index is 13.5. The van der Waals surface area contributed by atoms with E-state index in [9.17, 15) is 9.18 Å². The molecule has 0 spiro atoms. The van der Waals surface area contributed by atoms with Crippen LogP contribution in [0.3, 0.4) is 0 Å². The van der Waals surface area contributed by atoms with Crippen molar-refractivity contribution in [3.63, 3.8) is 0 Å². The molecule has 0 radical (unpaired) electrons. The van der Waals surface area contributed by atoms with Crippen molar-refractivity contribution in [1.29, 1.82) is 0 Å². The van der Waals surface area contributed by atoms with Crippen LogP contribution in [0.4, 0.5) is 4.39 Å². The largest absolute Gasteiger partial charge is 0.342 e. The fraction of sp³-hybridized carbons (Fsp3) is 0.280. The molecule has 1 saturated heterocycles. The molecule has 1 aliphatic heterocycles. The summed E-state index contributed by atoms with van der Waals surface area (Å²) in [6.45, 7) is 0.510. The van der Waals surface area contributed by atoms with E-state index in [1.165, 1.54) is 30.3 Å². The fourth-order valence-corrected chi connectivity index (χ4v) is 6.25. The zero-order chi connectivity index (χ0) is 22.2. The minimum absolute atomic E-state index is 0.0188. The van der Waals surface area contributed by atoms with Crippen molar-refractivity contribution in [3.05, 3.63) is 75.5 Å². The van der Waals surface area contributed by atoms with E-state index in [0.29, 0.717) is 20.8 Å². The molecule has 0 unspecified atom stereocenters. The van der Waals surface area contributed by atoms with E-state index in [4.69, 9.17) is 23.8 Å². The van der Waals surface area contributed by atoms with Crippen molar-refractivity contribution in [3.8, 4) is 0 Å². The van der Waals surface area contributed by atoms with Crippen molar-refractivity contribution in [1.82, 2.24) is 9.47 Å². The number of fused-ring (bicyclic) bond motifs is 1. The predicted molar refractivity (Wildman–Crippen MR) is 134 cm³/mol. The fourth-order valence-electron chi connectivity index (χ4n) is 4.63. The Kier molecular flexibility index (Phi) is 6.10. The molecule has 1 aliphatic carbocycles. The summed E-state index contributed by atoms with van der Waals surface area (Å²) in [5, 5.41) is 1.45. The molecule has 1 aromatic heterocycles. The molecule has 1 amide bonds. The Labute approximate surface area is 201 Å². The number of amides is 1. The molecule has 32 heavy (non-hydrogen) atoms. The van der Waals surface area contributed by atoms with E-state index in [1.54, 1.807) is 6.07 Å². The lowest BCUT2D eigenvalue weighted by Crippen LogP contribution is -2.39. The maximum Gasteiger partial charge on any atom is 0.266 e. The Morgan fingerprint density at radius 2 is 1.94 bits per heavy atom. The SMILES string of the molecule is O=C1/C(=C\c2cn(Cc3ccc(F)cc3Cl)c3ccccc23)SC(=S)N1C1CCCCC1. The Morgan fingerprint density at radius 3 is 2.72 bits per heavy atom. The molecule has 3 aromatic rings. The van der Waals surface area contributed by atoms with Crippen LogP contribution in [-0.4, -0.2) is 25.7 Å². The summed E-state index contributed by atoms with van der Waals surface area (Å²) in [7, 11) is 0. The molecule has 0 N–H and O–H groups in total. The third-order valence-electron chi connectivity index (χ3n) is 6.23. The average Bonchev–Trinajstić information content (AvgIpc) is 3.27. The third-order valence-corrected chi connectivity index (χ3v) is 7.91. The summed E-state index contributed by atoms with van der Waals surface area (Å²) in [6.07, 6.45) is 9.57. The normalized spacial score (nSPS) is 18.9. The summed E-state index contributed by atoms with van der Waals surface area (Å²) >= 11 is 13.2. The first kappa shape index (κ1) is 21.7. The molecule has 164 valence electrons. The lowest BCUT2D eigenvalue weighted by molar-refractivity contribution is -0.124. The molecule has 0 atom stereocenters.